The van der Waals surface area contributed by atoms with E-state index in [1.807, 2.05) is 0 Å². The van der Waals surface area contributed by atoms with Gasteiger partial charge in [0.25, 0.3) is 0 Å². The van der Waals surface area contributed by atoms with Crippen LogP contribution in [-0.4, -0.2) is 63.2 Å². The van der Waals surface area contributed by atoms with E-state index in [0.717, 1.165) is 55.3 Å². The molecule has 0 aromatic carbocycles. The Morgan fingerprint density at radius 2 is 1.75 bits per heavy atom. The second kappa shape index (κ2) is 11.6. The molecule has 4 aliphatic carbocycles. The molecule has 1 aliphatic heterocycles. The Morgan fingerprint density at radius 3 is 2.45 bits per heavy atom. The Bertz CT molecular complexity index is 949. The lowest BCUT2D eigenvalue weighted by atomic mass is 9.47. The monoisotopic (exact) mass is 562 g/mol. The van der Waals surface area contributed by atoms with Crippen molar-refractivity contribution in [1.29, 1.82) is 0 Å². The maximum atomic E-state index is 11.5. The van der Waals surface area contributed by atoms with Crippen molar-refractivity contribution in [2.75, 3.05) is 0 Å². The van der Waals surface area contributed by atoms with Crippen LogP contribution in [0, 0.1) is 46.3 Å². The summed E-state index contributed by atoms with van der Waals surface area (Å²) in [6.45, 7) is 12.3. The predicted octanol–water partition coefficient (Wildman–Crippen LogP) is 5.31. The summed E-state index contributed by atoms with van der Waals surface area (Å²) in [7, 11) is 0. The van der Waals surface area contributed by atoms with Crippen molar-refractivity contribution in [1.82, 2.24) is 0 Å². The maximum Gasteiger partial charge on any atom is 0.335 e. The van der Waals surface area contributed by atoms with Crippen LogP contribution in [-0.2, 0) is 14.3 Å². The number of fused-ring (bicyclic) bond motifs is 5. The van der Waals surface area contributed by atoms with Gasteiger partial charge in [-0.1, -0.05) is 65.5 Å². The van der Waals surface area contributed by atoms with Crippen molar-refractivity contribution in [2.45, 2.75) is 142 Å². The van der Waals surface area contributed by atoms with E-state index >= 15 is 0 Å². The van der Waals surface area contributed by atoms with Crippen LogP contribution in [0.25, 0.3) is 0 Å². The molecule has 40 heavy (non-hydrogen) atoms. The largest absolute Gasteiger partial charge is 0.479 e. The summed E-state index contributed by atoms with van der Waals surface area (Å²) in [6.07, 6.45) is 7.65. The fraction of sp³-hybridized carbons (Fsp3) is 0.909. The molecule has 13 atom stereocenters. The molecule has 1 heterocycles. The van der Waals surface area contributed by atoms with Crippen molar-refractivity contribution in [2.24, 2.45) is 46.3 Å². The Morgan fingerprint density at radius 1 is 1.00 bits per heavy atom. The second-order valence-corrected chi connectivity index (χ2v) is 15.0. The van der Waals surface area contributed by atoms with E-state index in [2.05, 4.69) is 40.7 Å². The molecule has 7 heteroatoms. The summed E-state index contributed by atoms with van der Waals surface area (Å²) in [5, 5.41) is 40.0. The zero-order valence-corrected chi connectivity index (χ0v) is 25.3. The molecule has 0 radical (unpaired) electrons. The number of hydrogen-bond acceptors (Lipinski definition) is 6. The van der Waals surface area contributed by atoms with Gasteiger partial charge in [-0.05, 0) is 97.7 Å². The van der Waals surface area contributed by atoms with Crippen LogP contribution >= 0.6 is 0 Å². The van der Waals surface area contributed by atoms with Crippen molar-refractivity contribution in [3.05, 3.63) is 11.6 Å². The first-order valence-corrected chi connectivity index (χ1v) is 16.1. The Balaban J connectivity index is 1.25. The standard InChI is InChI=1S/C33H54O7/c1-18(2)7-6-8-19(3)23-11-12-24-22-10-9-20-17-21(13-15-32(20,4)25(22)14-16-33(23,24)5)39-31-28(36)26(34)27(35)29(40-31)30(37)38/h9,18-19,21-29,31,34-36H,6-8,10-17H2,1-5H3,(H,37,38)/t19-,21?,22?,23?,24?,25?,26+,27+,28-,29+,31-,32+,33-/m1/s1. The number of aliphatic hydroxyl groups excluding tert-OH is 3. The van der Waals surface area contributed by atoms with E-state index in [9.17, 15) is 25.2 Å². The van der Waals surface area contributed by atoms with Gasteiger partial charge in [0.2, 0.25) is 0 Å². The molecule has 4 N–H and O–H groups in total. The molecule has 5 unspecified atom stereocenters. The summed E-state index contributed by atoms with van der Waals surface area (Å²) in [5.74, 6) is 3.30. The summed E-state index contributed by atoms with van der Waals surface area (Å²) < 4.78 is 11.5. The highest BCUT2D eigenvalue weighted by Crippen LogP contribution is 2.67. The van der Waals surface area contributed by atoms with E-state index in [4.69, 9.17) is 9.47 Å². The number of carbonyl (C=O) groups is 1. The summed E-state index contributed by atoms with van der Waals surface area (Å²) in [6, 6.07) is 0. The van der Waals surface area contributed by atoms with Gasteiger partial charge < -0.3 is 29.9 Å². The van der Waals surface area contributed by atoms with E-state index in [1.165, 1.54) is 50.5 Å². The van der Waals surface area contributed by atoms with Gasteiger partial charge in [0.1, 0.15) is 18.3 Å². The quantitative estimate of drug-likeness (QED) is 0.297. The van der Waals surface area contributed by atoms with Gasteiger partial charge in [0.05, 0.1) is 6.10 Å². The van der Waals surface area contributed by atoms with Gasteiger partial charge in [-0.15, -0.1) is 0 Å². The van der Waals surface area contributed by atoms with Crippen molar-refractivity contribution in [3.8, 4) is 0 Å². The van der Waals surface area contributed by atoms with Crippen LogP contribution in [0.3, 0.4) is 0 Å². The molecule has 0 aromatic heterocycles. The number of aliphatic hydroxyl groups is 3. The van der Waals surface area contributed by atoms with Crippen LogP contribution in [0.5, 0.6) is 0 Å². The molecule has 0 spiro atoms. The topological polar surface area (TPSA) is 116 Å². The molecule has 0 amide bonds. The minimum absolute atomic E-state index is 0.149. The fourth-order valence-electron chi connectivity index (χ4n) is 10.1. The lowest BCUT2D eigenvalue weighted by Crippen LogP contribution is -2.61. The molecule has 0 bridgehead atoms. The summed E-state index contributed by atoms with van der Waals surface area (Å²) in [5.41, 5.74) is 2.04. The zero-order valence-electron chi connectivity index (χ0n) is 25.3. The molecule has 4 fully saturated rings. The number of ether oxygens (including phenoxy) is 2. The molecule has 1 saturated heterocycles. The molecule has 7 nitrogen and oxygen atoms in total. The minimum Gasteiger partial charge on any atom is -0.479 e. The third kappa shape index (κ3) is 5.32. The number of allylic oxidation sites excluding steroid dienone is 1. The van der Waals surface area contributed by atoms with Crippen LogP contribution in [0.2, 0.25) is 0 Å². The highest BCUT2D eigenvalue weighted by Gasteiger charge is 2.59. The third-order valence-corrected chi connectivity index (χ3v) is 12.4. The molecule has 5 rings (SSSR count). The van der Waals surface area contributed by atoms with Gasteiger partial charge in [0, 0.05) is 0 Å². The molecular formula is C33H54O7. The van der Waals surface area contributed by atoms with Gasteiger partial charge in [-0.25, -0.2) is 4.79 Å². The highest BCUT2D eigenvalue weighted by atomic mass is 16.7. The van der Waals surface area contributed by atoms with Gasteiger partial charge in [-0.3, -0.25) is 0 Å². The van der Waals surface area contributed by atoms with Crippen LogP contribution < -0.4 is 0 Å². The van der Waals surface area contributed by atoms with Gasteiger partial charge in [-0.2, -0.15) is 0 Å². The normalized spacial score (nSPS) is 47.7. The fourth-order valence-corrected chi connectivity index (χ4v) is 10.1. The van der Waals surface area contributed by atoms with E-state index in [-0.39, 0.29) is 11.5 Å². The van der Waals surface area contributed by atoms with Gasteiger partial charge in [0.15, 0.2) is 12.4 Å². The smallest absolute Gasteiger partial charge is 0.335 e. The average Bonchev–Trinajstić information content (AvgIpc) is 3.26. The number of rotatable bonds is 8. The number of aliphatic carboxylic acids is 1. The molecular weight excluding hydrogens is 508 g/mol. The first kappa shape index (κ1) is 30.5. The summed E-state index contributed by atoms with van der Waals surface area (Å²) >= 11 is 0. The zero-order chi connectivity index (χ0) is 29.0. The lowest BCUT2D eigenvalue weighted by Gasteiger charge is -2.58. The van der Waals surface area contributed by atoms with E-state index in [1.54, 1.807) is 0 Å². The molecule has 228 valence electrons. The van der Waals surface area contributed by atoms with Crippen LogP contribution in [0.4, 0.5) is 0 Å². The number of carboxylic acids is 1. The third-order valence-electron chi connectivity index (χ3n) is 12.4. The van der Waals surface area contributed by atoms with E-state index in [0.29, 0.717) is 11.3 Å². The van der Waals surface area contributed by atoms with Crippen LogP contribution in [0.15, 0.2) is 11.6 Å². The van der Waals surface area contributed by atoms with Crippen molar-refractivity contribution in [3.63, 3.8) is 0 Å². The average molecular weight is 563 g/mol. The number of carboxylic acid groups (broad SMARTS) is 1. The molecule has 3 saturated carbocycles. The Hall–Kier alpha value is -0.990. The number of hydrogen-bond donors (Lipinski definition) is 4. The second-order valence-electron chi connectivity index (χ2n) is 15.0. The van der Waals surface area contributed by atoms with Gasteiger partial charge >= 0.3 is 5.97 Å². The molecule has 0 aromatic rings. The first-order valence-electron chi connectivity index (χ1n) is 16.1. The maximum absolute atomic E-state index is 11.5. The first-order chi connectivity index (χ1) is 18.9. The Labute approximate surface area is 240 Å². The SMILES string of the molecule is CC(C)CCC[C@@H](C)C1CCC2C3CC=C4CC(O[C@@H]5O[C@H](C(=O)O)[C@@H](O)[C@H](O)[C@H]5O)CC[C@]4(C)C3CC[C@@]21C. The lowest BCUT2D eigenvalue weighted by molar-refractivity contribution is -0.306. The van der Waals surface area contributed by atoms with E-state index < -0.39 is 36.7 Å². The van der Waals surface area contributed by atoms with Crippen molar-refractivity contribution >= 4 is 5.97 Å². The minimum atomic E-state index is -1.70. The van der Waals surface area contributed by atoms with Crippen LogP contribution in [0.1, 0.15) is 105 Å². The van der Waals surface area contributed by atoms with Crippen molar-refractivity contribution < 1.29 is 34.7 Å². The predicted molar refractivity (Wildman–Crippen MR) is 152 cm³/mol. The molecule has 5 aliphatic rings. The summed E-state index contributed by atoms with van der Waals surface area (Å²) in [4.78, 5) is 11.5. The highest BCUT2D eigenvalue weighted by molar-refractivity contribution is 5.73. The Kier molecular flexibility index (Phi) is 8.83.